The second-order valence-electron chi connectivity index (χ2n) is 6.20. The third kappa shape index (κ3) is 8.52. The SMILES string of the molecule is CN=C(NCCCCN1CCOCC1)NCc1ccc(OC)c(OC)c1.I. The molecule has 0 saturated carbocycles. The highest BCUT2D eigenvalue weighted by atomic mass is 127. The second-order valence-corrected chi connectivity index (χ2v) is 6.20. The van der Waals surface area contributed by atoms with Crippen LogP contribution in [0.25, 0.3) is 0 Å². The molecule has 2 N–H and O–H groups in total. The molecule has 0 atom stereocenters. The fraction of sp³-hybridized carbons (Fsp3) is 0.632. The van der Waals surface area contributed by atoms with Gasteiger partial charge in [-0.05, 0) is 37.1 Å². The molecule has 0 unspecified atom stereocenters. The number of ether oxygens (including phenoxy) is 3. The molecule has 0 aliphatic carbocycles. The Morgan fingerprint density at radius 3 is 2.52 bits per heavy atom. The Morgan fingerprint density at radius 2 is 1.85 bits per heavy atom. The van der Waals surface area contributed by atoms with E-state index in [4.69, 9.17) is 14.2 Å². The van der Waals surface area contributed by atoms with Gasteiger partial charge >= 0.3 is 0 Å². The molecule has 1 aromatic carbocycles. The minimum atomic E-state index is 0. The Bertz CT molecular complexity index is 566. The van der Waals surface area contributed by atoms with Gasteiger partial charge < -0.3 is 24.8 Å². The Hall–Kier alpha value is -1.26. The normalized spacial score (nSPS) is 15.0. The fourth-order valence-electron chi connectivity index (χ4n) is 2.89. The number of nitrogens with zero attached hydrogens (tertiary/aromatic N) is 2. The number of halogens is 1. The molecule has 8 heteroatoms. The van der Waals surface area contributed by atoms with Crippen molar-refractivity contribution in [2.75, 3.05) is 60.7 Å². The maximum absolute atomic E-state index is 5.37. The predicted octanol–water partition coefficient (Wildman–Crippen LogP) is 2.10. The number of methoxy groups -OCH3 is 2. The minimum absolute atomic E-state index is 0. The van der Waals surface area contributed by atoms with E-state index in [9.17, 15) is 0 Å². The summed E-state index contributed by atoms with van der Waals surface area (Å²) >= 11 is 0. The standard InChI is InChI=1S/C19H32N4O3.HI/c1-20-19(21-8-4-5-9-23-10-12-26-13-11-23)22-15-16-6-7-17(24-2)18(14-16)25-3;/h6-7,14H,4-5,8-13,15H2,1-3H3,(H2,20,21,22);1H. The smallest absolute Gasteiger partial charge is 0.191 e. The Morgan fingerprint density at radius 1 is 1.11 bits per heavy atom. The van der Waals surface area contributed by atoms with Gasteiger partial charge in [-0.15, -0.1) is 24.0 Å². The summed E-state index contributed by atoms with van der Waals surface area (Å²) < 4.78 is 16.0. The van der Waals surface area contributed by atoms with Crippen molar-refractivity contribution >= 4 is 29.9 Å². The Labute approximate surface area is 179 Å². The number of benzene rings is 1. The summed E-state index contributed by atoms with van der Waals surface area (Å²) in [5.41, 5.74) is 1.11. The Kier molecular flexibility index (Phi) is 12.2. The van der Waals surface area contributed by atoms with E-state index in [-0.39, 0.29) is 24.0 Å². The highest BCUT2D eigenvalue weighted by Crippen LogP contribution is 2.27. The van der Waals surface area contributed by atoms with Gasteiger partial charge in [-0.25, -0.2) is 0 Å². The van der Waals surface area contributed by atoms with Crippen molar-refractivity contribution in [1.82, 2.24) is 15.5 Å². The van der Waals surface area contributed by atoms with Gasteiger partial charge in [-0.3, -0.25) is 9.89 Å². The summed E-state index contributed by atoms with van der Waals surface area (Å²) in [6.07, 6.45) is 2.30. The highest BCUT2D eigenvalue weighted by molar-refractivity contribution is 14.0. The summed E-state index contributed by atoms with van der Waals surface area (Å²) in [6, 6.07) is 5.91. The van der Waals surface area contributed by atoms with Gasteiger partial charge in [0.05, 0.1) is 27.4 Å². The number of hydrogen-bond acceptors (Lipinski definition) is 5. The summed E-state index contributed by atoms with van der Waals surface area (Å²) in [5, 5.41) is 6.70. The van der Waals surface area contributed by atoms with Gasteiger partial charge in [0, 0.05) is 33.2 Å². The topological polar surface area (TPSA) is 67.4 Å². The first kappa shape index (κ1) is 23.8. The van der Waals surface area contributed by atoms with Crippen LogP contribution in [0.3, 0.4) is 0 Å². The van der Waals surface area contributed by atoms with Crippen molar-refractivity contribution in [3.8, 4) is 11.5 Å². The molecule has 1 aliphatic heterocycles. The summed E-state index contributed by atoms with van der Waals surface area (Å²) in [7, 11) is 5.07. The van der Waals surface area contributed by atoms with Crippen LogP contribution >= 0.6 is 24.0 Å². The van der Waals surface area contributed by atoms with Crippen LogP contribution in [-0.4, -0.2) is 71.5 Å². The van der Waals surface area contributed by atoms with E-state index in [1.165, 1.54) is 6.42 Å². The van der Waals surface area contributed by atoms with E-state index in [0.29, 0.717) is 6.54 Å². The van der Waals surface area contributed by atoms with Gasteiger partial charge in [0.25, 0.3) is 0 Å². The minimum Gasteiger partial charge on any atom is -0.493 e. The van der Waals surface area contributed by atoms with Crippen molar-refractivity contribution in [1.29, 1.82) is 0 Å². The lowest BCUT2D eigenvalue weighted by Gasteiger charge is -2.26. The highest BCUT2D eigenvalue weighted by Gasteiger charge is 2.09. The second kappa shape index (κ2) is 13.8. The third-order valence-electron chi connectivity index (χ3n) is 4.43. The van der Waals surface area contributed by atoms with E-state index in [1.807, 2.05) is 18.2 Å². The number of guanidine groups is 1. The first-order chi connectivity index (χ1) is 12.8. The number of nitrogens with one attached hydrogen (secondary N) is 2. The van der Waals surface area contributed by atoms with Crippen LogP contribution in [0.2, 0.25) is 0 Å². The van der Waals surface area contributed by atoms with E-state index in [0.717, 1.165) is 68.8 Å². The molecule has 27 heavy (non-hydrogen) atoms. The van der Waals surface area contributed by atoms with Crippen LogP contribution < -0.4 is 20.1 Å². The zero-order chi connectivity index (χ0) is 18.6. The van der Waals surface area contributed by atoms with Gasteiger partial charge in [-0.2, -0.15) is 0 Å². The number of hydrogen-bond donors (Lipinski definition) is 2. The van der Waals surface area contributed by atoms with Crippen LogP contribution in [0.5, 0.6) is 11.5 Å². The number of unbranched alkanes of at least 4 members (excludes halogenated alkanes) is 1. The molecule has 1 heterocycles. The monoisotopic (exact) mass is 492 g/mol. The van der Waals surface area contributed by atoms with Crippen LogP contribution in [0.4, 0.5) is 0 Å². The molecule has 1 fully saturated rings. The molecule has 1 aliphatic rings. The van der Waals surface area contributed by atoms with E-state index >= 15 is 0 Å². The molecule has 0 amide bonds. The van der Waals surface area contributed by atoms with Crippen LogP contribution in [0, 0.1) is 0 Å². The maximum atomic E-state index is 5.37. The first-order valence-corrected chi connectivity index (χ1v) is 9.22. The van der Waals surface area contributed by atoms with E-state index < -0.39 is 0 Å². The quantitative estimate of drug-likeness (QED) is 0.238. The molecule has 0 aromatic heterocycles. The Balaban J connectivity index is 0.00000364. The van der Waals surface area contributed by atoms with Crippen molar-refractivity contribution in [3.63, 3.8) is 0 Å². The van der Waals surface area contributed by atoms with E-state index in [2.05, 4.69) is 20.5 Å². The lowest BCUT2D eigenvalue weighted by Crippen LogP contribution is -2.38. The molecule has 1 saturated heterocycles. The van der Waals surface area contributed by atoms with Gasteiger partial charge in [0.2, 0.25) is 0 Å². The van der Waals surface area contributed by atoms with Crippen LogP contribution in [0.15, 0.2) is 23.2 Å². The average molecular weight is 492 g/mol. The molecule has 0 radical (unpaired) electrons. The van der Waals surface area contributed by atoms with Crippen molar-refractivity contribution in [3.05, 3.63) is 23.8 Å². The van der Waals surface area contributed by atoms with Crippen LogP contribution in [0.1, 0.15) is 18.4 Å². The first-order valence-electron chi connectivity index (χ1n) is 9.22. The van der Waals surface area contributed by atoms with Gasteiger partial charge in [0.1, 0.15) is 0 Å². The van der Waals surface area contributed by atoms with Crippen molar-refractivity contribution in [2.45, 2.75) is 19.4 Å². The maximum Gasteiger partial charge on any atom is 0.191 e. The van der Waals surface area contributed by atoms with Crippen molar-refractivity contribution < 1.29 is 14.2 Å². The molecular weight excluding hydrogens is 459 g/mol. The van der Waals surface area contributed by atoms with Gasteiger partial charge in [-0.1, -0.05) is 6.07 Å². The number of aliphatic imine (C=N–C) groups is 1. The average Bonchev–Trinajstić information content (AvgIpc) is 2.70. The van der Waals surface area contributed by atoms with Crippen molar-refractivity contribution in [2.24, 2.45) is 4.99 Å². The van der Waals surface area contributed by atoms with Gasteiger partial charge in [0.15, 0.2) is 17.5 Å². The summed E-state index contributed by atoms with van der Waals surface area (Å²) in [5.74, 6) is 2.28. The molecule has 154 valence electrons. The third-order valence-corrected chi connectivity index (χ3v) is 4.43. The molecule has 0 spiro atoms. The lowest BCUT2D eigenvalue weighted by molar-refractivity contribution is 0.0372. The largest absolute Gasteiger partial charge is 0.493 e. The summed E-state index contributed by atoms with van der Waals surface area (Å²) in [4.78, 5) is 6.74. The lowest BCUT2D eigenvalue weighted by atomic mass is 10.2. The van der Waals surface area contributed by atoms with E-state index in [1.54, 1.807) is 21.3 Å². The molecule has 0 bridgehead atoms. The zero-order valence-corrected chi connectivity index (χ0v) is 19.0. The molecule has 1 aromatic rings. The number of morpholine rings is 1. The molecule has 2 rings (SSSR count). The number of rotatable bonds is 9. The molecular formula is C19H33IN4O3. The fourth-order valence-corrected chi connectivity index (χ4v) is 2.89. The zero-order valence-electron chi connectivity index (χ0n) is 16.6. The van der Waals surface area contributed by atoms with Crippen LogP contribution in [-0.2, 0) is 11.3 Å². The predicted molar refractivity (Wildman–Crippen MR) is 120 cm³/mol. The molecule has 7 nitrogen and oxygen atoms in total. The summed E-state index contributed by atoms with van der Waals surface area (Å²) in [6.45, 7) is 6.58.